The summed E-state index contributed by atoms with van der Waals surface area (Å²) in [5.41, 5.74) is 1.41. The van der Waals surface area contributed by atoms with Crippen molar-refractivity contribution in [2.75, 3.05) is 7.11 Å². The van der Waals surface area contributed by atoms with Crippen LogP contribution in [0.15, 0.2) is 36.4 Å². The van der Waals surface area contributed by atoms with Crippen LogP contribution in [-0.2, 0) is 22.7 Å². The number of imide groups is 1. The molecule has 1 fully saturated rings. The number of halogens is 1. The Labute approximate surface area is 166 Å². The number of fused-ring (bicyclic) bond motifs is 1. The lowest BCUT2D eigenvalue weighted by molar-refractivity contribution is -0.136. The summed E-state index contributed by atoms with van der Waals surface area (Å²) in [6.07, 6.45) is 0.477. The van der Waals surface area contributed by atoms with Gasteiger partial charge in [0.25, 0.3) is 5.91 Å². The van der Waals surface area contributed by atoms with Crippen LogP contribution in [-0.4, -0.2) is 35.8 Å². The normalized spacial score (nSPS) is 18.5. The van der Waals surface area contributed by atoms with Gasteiger partial charge in [0.1, 0.15) is 18.4 Å². The quantitative estimate of drug-likeness (QED) is 0.781. The second-order valence-corrected chi connectivity index (χ2v) is 6.90. The van der Waals surface area contributed by atoms with Crippen molar-refractivity contribution in [3.63, 3.8) is 0 Å². The van der Waals surface area contributed by atoms with E-state index in [0.717, 1.165) is 0 Å². The largest absolute Gasteiger partial charge is 0.494 e. The monoisotopic (exact) mass is 398 g/mol. The standard InChI is InChI=1S/C21H19FN2O5/c1-28-17-7-2-4-12(19(17)22)11-29-16-6-3-5-13-14(16)10-24(21(13)27)15-8-9-18(25)23-20(15)26/h2-7,15H,8-11H2,1H3,(H,23,25,26). The molecule has 2 heterocycles. The Morgan fingerprint density at radius 2 is 1.90 bits per heavy atom. The molecule has 2 aromatic carbocycles. The van der Waals surface area contributed by atoms with Crippen molar-refractivity contribution < 1.29 is 28.2 Å². The molecule has 3 amide bonds. The zero-order valence-corrected chi connectivity index (χ0v) is 15.7. The van der Waals surface area contributed by atoms with E-state index >= 15 is 0 Å². The fourth-order valence-corrected chi connectivity index (χ4v) is 3.67. The Kier molecular flexibility index (Phi) is 4.92. The van der Waals surface area contributed by atoms with Gasteiger partial charge in [-0.1, -0.05) is 18.2 Å². The number of piperidine rings is 1. The molecule has 1 N–H and O–H groups in total. The summed E-state index contributed by atoms with van der Waals surface area (Å²) in [4.78, 5) is 37.8. The van der Waals surface area contributed by atoms with Crippen molar-refractivity contribution in [2.45, 2.75) is 32.0 Å². The summed E-state index contributed by atoms with van der Waals surface area (Å²) in [5.74, 6) is -1.00. The number of hydrogen-bond donors (Lipinski definition) is 1. The molecule has 2 aromatic rings. The average molecular weight is 398 g/mol. The van der Waals surface area contributed by atoms with E-state index < -0.39 is 17.8 Å². The van der Waals surface area contributed by atoms with Gasteiger partial charge >= 0.3 is 0 Å². The van der Waals surface area contributed by atoms with Gasteiger partial charge in [0.2, 0.25) is 11.8 Å². The molecule has 0 aliphatic carbocycles. The SMILES string of the molecule is COc1cccc(COc2cccc3c2CN(C2CCC(=O)NC2=O)C3=O)c1F. The first-order chi connectivity index (χ1) is 14.0. The van der Waals surface area contributed by atoms with E-state index in [-0.39, 0.29) is 43.6 Å². The van der Waals surface area contributed by atoms with Gasteiger partial charge in [-0.2, -0.15) is 0 Å². The topological polar surface area (TPSA) is 84.9 Å². The lowest BCUT2D eigenvalue weighted by Crippen LogP contribution is -2.52. The molecule has 0 aromatic heterocycles. The molecule has 0 spiro atoms. The fraction of sp³-hybridized carbons (Fsp3) is 0.286. The molecule has 1 saturated heterocycles. The first kappa shape index (κ1) is 18.9. The first-order valence-corrected chi connectivity index (χ1v) is 9.20. The van der Waals surface area contributed by atoms with Crippen molar-refractivity contribution in [3.8, 4) is 11.5 Å². The zero-order valence-electron chi connectivity index (χ0n) is 15.7. The average Bonchev–Trinajstić information content (AvgIpc) is 3.04. The van der Waals surface area contributed by atoms with Crippen LogP contribution in [0.2, 0.25) is 0 Å². The summed E-state index contributed by atoms with van der Waals surface area (Å²) in [6.45, 7) is 0.156. The van der Waals surface area contributed by atoms with Crippen LogP contribution in [0.5, 0.6) is 11.5 Å². The number of rotatable bonds is 5. The zero-order chi connectivity index (χ0) is 20.5. The Bertz CT molecular complexity index is 1010. The van der Waals surface area contributed by atoms with Gasteiger partial charge < -0.3 is 14.4 Å². The number of nitrogens with zero attached hydrogens (tertiary/aromatic N) is 1. The van der Waals surface area contributed by atoms with Gasteiger partial charge in [-0.05, 0) is 24.6 Å². The van der Waals surface area contributed by atoms with Crippen LogP contribution in [0.4, 0.5) is 4.39 Å². The van der Waals surface area contributed by atoms with Gasteiger partial charge in [-0.15, -0.1) is 0 Å². The molecule has 2 aliphatic heterocycles. The third kappa shape index (κ3) is 3.41. The lowest BCUT2D eigenvalue weighted by Gasteiger charge is -2.29. The van der Waals surface area contributed by atoms with E-state index in [9.17, 15) is 18.8 Å². The van der Waals surface area contributed by atoms with Gasteiger partial charge in [-0.25, -0.2) is 4.39 Å². The highest BCUT2D eigenvalue weighted by Gasteiger charge is 2.40. The van der Waals surface area contributed by atoms with Gasteiger partial charge in [-0.3, -0.25) is 19.7 Å². The van der Waals surface area contributed by atoms with Gasteiger partial charge in [0.15, 0.2) is 11.6 Å². The number of carbonyl (C=O) groups is 3. The summed E-state index contributed by atoms with van der Waals surface area (Å²) in [7, 11) is 1.39. The number of nitrogens with one attached hydrogen (secondary N) is 1. The minimum Gasteiger partial charge on any atom is -0.494 e. The second-order valence-electron chi connectivity index (χ2n) is 6.90. The molecule has 2 aliphatic rings. The van der Waals surface area contributed by atoms with Crippen molar-refractivity contribution in [3.05, 3.63) is 58.9 Å². The number of amides is 3. The highest BCUT2D eigenvalue weighted by molar-refractivity contribution is 6.05. The van der Waals surface area contributed by atoms with E-state index in [1.165, 1.54) is 18.1 Å². The molecular formula is C21H19FN2O5. The van der Waals surface area contributed by atoms with Crippen LogP contribution in [0, 0.1) is 5.82 Å². The van der Waals surface area contributed by atoms with Crippen molar-refractivity contribution in [1.29, 1.82) is 0 Å². The Morgan fingerprint density at radius 1 is 1.14 bits per heavy atom. The molecule has 7 nitrogen and oxygen atoms in total. The van der Waals surface area contributed by atoms with Crippen LogP contribution >= 0.6 is 0 Å². The lowest BCUT2D eigenvalue weighted by atomic mass is 10.0. The summed E-state index contributed by atoms with van der Waals surface area (Å²) < 4.78 is 25.1. The molecule has 4 rings (SSSR count). The molecule has 29 heavy (non-hydrogen) atoms. The highest BCUT2D eigenvalue weighted by Crippen LogP contribution is 2.34. The van der Waals surface area contributed by atoms with Gasteiger partial charge in [0, 0.05) is 23.1 Å². The van der Waals surface area contributed by atoms with E-state index in [1.807, 2.05) is 0 Å². The first-order valence-electron chi connectivity index (χ1n) is 9.20. The summed E-state index contributed by atoms with van der Waals surface area (Å²) in [6, 6.07) is 9.15. The second kappa shape index (κ2) is 7.54. The third-order valence-electron chi connectivity index (χ3n) is 5.19. The van der Waals surface area contributed by atoms with Gasteiger partial charge in [0.05, 0.1) is 13.7 Å². The Hall–Kier alpha value is -3.42. The maximum atomic E-state index is 14.4. The predicted molar refractivity (Wildman–Crippen MR) is 99.8 cm³/mol. The van der Waals surface area contributed by atoms with Crippen molar-refractivity contribution >= 4 is 17.7 Å². The number of methoxy groups -OCH3 is 1. The Morgan fingerprint density at radius 3 is 2.66 bits per heavy atom. The van der Waals surface area contributed by atoms with E-state index in [2.05, 4.69) is 5.32 Å². The highest BCUT2D eigenvalue weighted by atomic mass is 19.1. The molecule has 0 radical (unpaired) electrons. The third-order valence-corrected chi connectivity index (χ3v) is 5.19. The van der Waals surface area contributed by atoms with E-state index in [0.29, 0.717) is 22.4 Å². The number of hydrogen-bond acceptors (Lipinski definition) is 5. The van der Waals surface area contributed by atoms with Crippen LogP contribution < -0.4 is 14.8 Å². The van der Waals surface area contributed by atoms with Crippen LogP contribution in [0.1, 0.15) is 34.3 Å². The Balaban J connectivity index is 1.54. The molecule has 1 unspecified atom stereocenters. The number of carbonyl (C=O) groups excluding carboxylic acids is 3. The summed E-state index contributed by atoms with van der Waals surface area (Å²) >= 11 is 0. The van der Waals surface area contributed by atoms with Crippen LogP contribution in [0.3, 0.4) is 0 Å². The molecule has 0 saturated carbocycles. The smallest absolute Gasteiger partial charge is 0.255 e. The van der Waals surface area contributed by atoms with Crippen LogP contribution in [0.25, 0.3) is 0 Å². The molecule has 150 valence electrons. The molecule has 8 heteroatoms. The molecular weight excluding hydrogens is 379 g/mol. The van der Waals surface area contributed by atoms with Crippen molar-refractivity contribution in [2.24, 2.45) is 0 Å². The number of benzene rings is 2. The maximum Gasteiger partial charge on any atom is 0.255 e. The number of ether oxygens (including phenoxy) is 2. The summed E-state index contributed by atoms with van der Waals surface area (Å²) in [5, 5.41) is 2.28. The minimum atomic E-state index is -0.698. The molecule has 0 bridgehead atoms. The minimum absolute atomic E-state index is 0.0356. The van der Waals surface area contributed by atoms with Crippen molar-refractivity contribution in [1.82, 2.24) is 10.2 Å². The van der Waals surface area contributed by atoms with E-state index in [4.69, 9.17) is 9.47 Å². The fourth-order valence-electron chi connectivity index (χ4n) is 3.67. The maximum absolute atomic E-state index is 14.4. The molecule has 1 atom stereocenters. The predicted octanol–water partition coefficient (Wildman–Crippen LogP) is 2.17. The van der Waals surface area contributed by atoms with E-state index in [1.54, 1.807) is 30.3 Å².